The lowest BCUT2D eigenvalue weighted by Gasteiger charge is -2.37. The van der Waals surface area contributed by atoms with E-state index >= 15 is 0 Å². The Hall–Kier alpha value is -8.25. The molecule has 0 spiro atoms. The second-order valence-electron chi connectivity index (χ2n) is 39.3. The maximum Gasteiger partial charge on any atom is 0.333 e. The molecule has 1 aromatic rings. The fraction of sp³-hybridized carbons (Fsp3) is 0.711. The van der Waals surface area contributed by atoms with Gasteiger partial charge in [0.05, 0.1) is 181 Å². The summed E-state index contributed by atoms with van der Waals surface area (Å²) in [4.78, 5) is 100. The smallest absolute Gasteiger partial charge is 0.333 e. The largest absolute Gasteiger partial charge is 0.457 e. The van der Waals surface area contributed by atoms with E-state index in [-0.39, 0.29) is 53.7 Å². The van der Waals surface area contributed by atoms with Gasteiger partial charge in [-0.25, -0.2) is 43.2 Å². The minimum absolute atomic E-state index is 0.223. The Morgan fingerprint density at radius 2 is 0.411 bits per heavy atom. The van der Waals surface area contributed by atoms with Gasteiger partial charge in [-0.15, -0.1) is 0 Å². The van der Waals surface area contributed by atoms with Crippen molar-refractivity contribution in [1.82, 2.24) is 0 Å². The summed E-state index contributed by atoms with van der Waals surface area (Å²) in [7, 11) is 18.5. The monoisotopic (exact) mass is 2000 g/mol. The molecule has 2 unspecified atom stereocenters. The zero-order valence-corrected chi connectivity index (χ0v) is 97.4. The molecule has 141 heavy (non-hydrogen) atoms. The lowest BCUT2D eigenvalue weighted by molar-refractivity contribution is -0.927. The van der Waals surface area contributed by atoms with E-state index in [1.54, 1.807) is 65.0 Å². The molecule has 0 amide bonds. The molecule has 820 valence electrons. The average molecular weight is 2010 g/mol. The molecule has 0 aliphatic heterocycles. The van der Waals surface area contributed by atoms with Gasteiger partial charge < -0.3 is 83.0 Å². The highest BCUT2D eigenvalue weighted by Gasteiger charge is 2.29. The van der Waals surface area contributed by atoms with E-state index in [4.69, 9.17) is 42.6 Å². The number of hydrogen-bond donors (Lipinski definition) is 0. The predicted octanol–water partition coefficient (Wildman–Crippen LogP) is 19.4. The van der Waals surface area contributed by atoms with Crippen molar-refractivity contribution < 1.29 is 126 Å². The lowest BCUT2D eigenvalue weighted by Crippen LogP contribution is -2.51. The van der Waals surface area contributed by atoms with Gasteiger partial charge in [-0.05, 0) is 188 Å². The molecule has 27 nitrogen and oxygen atoms in total. The molecule has 0 bridgehead atoms. The Labute approximate surface area is 864 Å². The molecule has 1 aromatic carbocycles. The first kappa shape index (κ1) is 148. The van der Waals surface area contributed by atoms with Crippen LogP contribution < -0.4 is 0 Å². The van der Waals surface area contributed by atoms with Crippen LogP contribution in [0.4, 0.5) is 0 Å². The Balaban J connectivity index is -0.000000236. The van der Waals surface area contributed by atoms with Crippen molar-refractivity contribution in [2.24, 2.45) is 0 Å². The number of benzene rings is 1. The van der Waals surface area contributed by atoms with E-state index < -0.39 is 0 Å². The van der Waals surface area contributed by atoms with Crippen LogP contribution in [0.15, 0.2) is 134 Å². The fourth-order valence-corrected chi connectivity index (χ4v) is 14.6. The third-order valence-electron chi connectivity index (χ3n) is 24.5. The number of carbonyl (C=O) groups is 9. The molecule has 0 aliphatic carbocycles. The van der Waals surface area contributed by atoms with Crippen molar-refractivity contribution in [3.8, 4) is 0 Å². The third kappa shape index (κ3) is 86.9. The van der Waals surface area contributed by atoms with Crippen LogP contribution in [-0.2, 0) is 85.8 Å². The Morgan fingerprint density at radius 1 is 0.234 bits per heavy atom. The second-order valence-corrected chi connectivity index (χ2v) is 39.3. The first-order valence-corrected chi connectivity index (χ1v) is 53.1. The Kier molecular flexibility index (Phi) is 95.0. The SMILES string of the molecule is C/C=C/C(=O)OCC[N+](C)(C)C.C/C=C/C(=O)OCC[N+](CC)(CC)CC.C/C=C/C(=O)OCC[N+](CC)(CCC)CCC.C/C=C/C(=O)OCC[N+](CC)(CCC)CCCC.C=C(C)C(=O)OCC[N+](C)(C)C.C=C(C)C(=O)OCC[N+](CC)(CC)CC.C=C(C)C(=O)OCC[N+](CC)(CCC)CCC.C=C(C)C(=O)OCC[N+](CC)(CCC)CCCC.C[N+](C)(C)CCOC(=O)/C=C/c1ccccc1. The van der Waals surface area contributed by atoms with Crippen molar-refractivity contribution in [2.45, 2.75) is 244 Å². The second kappa shape index (κ2) is 90.5. The summed E-state index contributed by atoms with van der Waals surface area (Å²) in [6.45, 7) is 101. The number of allylic oxidation sites excluding steroid dienone is 4. The maximum atomic E-state index is 11.4. The summed E-state index contributed by atoms with van der Waals surface area (Å²) in [6.07, 6.45) is 27.8. The van der Waals surface area contributed by atoms with E-state index in [9.17, 15) is 43.2 Å². The van der Waals surface area contributed by atoms with Crippen LogP contribution in [0.2, 0.25) is 0 Å². The number of quaternary nitrogens is 9. The first-order chi connectivity index (χ1) is 66.2. The third-order valence-corrected chi connectivity index (χ3v) is 24.5. The van der Waals surface area contributed by atoms with Crippen molar-refractivity contribution in [3.05, 3.63) is 139 Å². The molecule has 27 heteroatoms. The zero-order valence-electron chi connectivity index (χ0n) is 97.4. The van der Waals surface area contributed by atoms with Crippen molar-refractivity contribution >= 4 is 59.8 Å². The number of ether oxygens (including phenoxy) is 9. The Bertz CT molecular complexity index is 3570. The van der Waals surface area contributed by atoms with Crippen LogP contribution in [0.3, 0.4) is 0 Å². The summed E-state index contributed by atoms with van der Waals surface area (Å²) in [5, 5.41) is 0. The zero-order chi connectivity index (χ0) is 110. The predicted molar refractivity (Wildman–Crippen MR) is 588 cm³/mol. The molecule has 0 N–H and O–H groups in total. The molecule has 0 aliphatic rings. The van der Waals surface area contributed by atoms with Gasteiger partial charge in [-0.3, -0.25) is 0 Å². The summed E-state index contributed by atoms with van der Waals surface area (Å²) in [6, 6.07) is 9.69. The molecule has 0 fully saturated rings. The summed E-state index contributed by atoms with van der Waals surface area (Å²) < 4.78 is 54.7. The molecule has 0 aromatic heterocycles. The number of unbranched alkanes of at least 4 members (excludes halogenated alkanes) is 2. The standard InChI is InChI=1S/2C15H30NO2.C14H20NO2.2C14H28NO2.2C12H24NO2.2C9H18NO2/c1-6-9-11-16(8-3,10-7-2)12-13-18-15(17)14(4)5;1-5-9-12-16(8-4,11-7-3)13-14-18-15(17)10-6-2;1-15(2,3)11-12-17-14(16)10-9-13-7-5-4-6-8-13;1-6-9-15(8-3,10-7-2)11-12-17-14(16)13(4)5;1-5-9-14(16)17-13-12-15(8-4,10-6-2)11-7-3;1-6-13(7-2,8-3)9-10-15-12(14)11(4)5;1-5-9-12(14)15-11-10-13(6-2,7-3)8-4;1-8(2)9(11)12-7-6-10(3,4)5;1-5-6-9(11)12-8-7-10(2,3)4/h4,6-13H2,1-3,5H3;6,10H,5,7-9,11-14H2,1-4H3;4-10H,11-12H2,1-3H3;4,6-12H2,1-3,5H3;5,9H,6-8,10-13H2,1-4H3;4,6-10H2,1-3,5H3;5,9H,6-8,10-11H2,1-4H3;1,6-7H2,2-5H3;5-6H,7-8H2,1-4H3/q9*+1/b;10-6+;10-9+;;9-5+;;9-5+;;6-5+. The van der Waals surface area contributed by atoms with Crippen LogP contribution >= 0.6 is 0 Å². The summed E-state index contributed by atoms with van der Waals surface area (Å²) in [5.41, 5.74) is 2.88. The number of hydrogen-bond acceptors (Lipinski definition) is 18. The van der Waals surface area contributed by atoms with Crippen molar-refractivity contribution in [3.63, 3.8) is 0 Å². The molecule has 1 rings (SSSR count). The van der Waals surface area contributed by atoms with Gasteiger partial charge in [0, 0.05) is 52.7 Å². The highest BCUT2D eigenvalue weighted by molar-refractivity contribution is 5.89. The van der Waals surface area contributed by atoms with Gasteiger partial charge in [0.2, 0.25) is 0 Å². The molecule has 0 saturated carbocycles. The van der Waals surface area contributed by atoms with E-state index in [2.05, 4.69) is 214 Å². The van der Waals surface area contributed by atoms with E-state index in [0.29, 0.717) is 81.8 Å². The molecular formula is C114H220N9O18+9. The molecule has 2 atom stereocenters. The summed E-state index contributed by atoms with van der Waals surface area (Å²) >= 11 is 0. The van der Waals surface area contributed by atoms with Crippen molar-refractivity contribution in [2.75, 3.05) is 300 Å². The Morgan fingerprint density at radius 3 is 0.589 bits per heavy atom. The number of likely N-dealkylation sites (N-methyl/N-ethyl adjacent to an activating group) is 9. The topological polar surface area (TPSA) is 237 Å². The molecular weight excluding hydrogens is 1780 g/mol. The van der Waals surface area contributed by atoms with E-state index in [1.807, 2.05) is 51.1 Å². The highest BCUT2D eigenvalue weighted by Crippen LogP contribution is 2.17. The molecule has 0 saturated heterocycles. The normalized spacial score (nSPS) is 12.3. The van der Waals surface area contributed by atoms with Gasteiger partial charge >= 0.3 is 53.7 Å². The van der Waals surface area contributed by atoms with Crippen LogP contribution in [0.1, 0.15) is 250 Å². The van der Waals surface area contributed by atoms with Gasteiger partial charge in [0.1, 0.15) is 118 Å². The van der Waals surface area contributed by atoms with E-state index in [1.165, 1.54) is 134 Å². The maximum absolute atomic E-state index is 11.4. The van der Waals surface area contributed by atoms with Crippen LogP contribution in [0.25, 0.3) is 6.08 Å². The van der Waals surface area contributed by atoms with Gasteiger partial charge in [-0.2, -0.15) is 0 Å². The van der Waals surface area contributed by atoms with E-state index in [0.717, 1.165) is 183 Å². The fourth-order valence-electron chi connectivity index (χ4n) is 14.6. The summed E-state index contributed by atoms with van der Waals surface area (Å²) in [5.74, 6) is -2.36. The minimum Gasteiger partial charge on any atom is -0.457 e. The average Bonchev–Trinajstić information content (AvgIpc) is 0.892. The highest BCUT2D eigenvalue weighted by atomic mass is 16.6. The number of carbonyl (C=O) groups excluding carboxylic acids is 9. The first-order valence-electron chi connectivity index (χ1n) is 53.1. The number of rotatable bonds is 65. The quantitative estimate of drug-likeness (QED) is 0.0255. The van der Waals surface area contributed by atoms with Gasteiger partial charge in [0.25, 0.3) is 0 Å². The van der Waals surface area contributed by atoms with Crippen LogP contribution in [-0.4, -0.2) is 394 Å². The molecule has 0 heterocycles. The number of nitrogens with zero attached hydrogens (tertiary/aromatic N) is 9. The number of esters is 9. The van der Waals surface area contributed by atoms with Gasteiger partial charge in [0.15, 0.2) is 0 Å². The lowest BCUT2D eigenvalue weighted by atomic mass is 10.2. The molecule has 0 radical (unpaired) electrons. The van der Waals surface area contributed by atoms with Crippen molar-refractivity contribution in [1.29, 1.82) is 0 Å². The van der Waals surface area contributed by atoms with Crippen LogP contribution in [0, 0.1) is 0 Å². The van der Waals surface area contributed by atoms with Crippen LogP contribution in [0.5, 0.6) is 0 Å². The van der Waals surface area contributed by atoms with Gasteiger partial charge in [-0.1, -0.05) is 149 Å². The minimum atomic E-state index is -0.302.